The number of halogens is 1. The van der Waals surface area contributed by atoms with Crippen LogP contribution in [0.15, 0.2) is 24.3 Å². The van der Waals surface area contributed by atoms with E-state index in [9.17, 15) is 0 Å². The summed E-state index contributed by atoms with van der Waals surface area (Å²) in [5.41, 5.74) is 1.24. The van der Waals surface area contributed by atoms with Gasteiger partial charge in [-0.25, -0.2) is 0 Å². The lowest BCUT2D eigenvalue weighted by atomic mass is 10.2. The van der Waals surface area contributed by atoms with Crippen molar-refractivity contribution in [3.8, 4) is 5.75 Å². The summed E-state index contributed by atoms with van der Waals surface area (Å²) in [5, 5.41) is 0. The SMILES string of the molecule is Cc1ccc(O[C@H]2OCCC[C@@H]2Br)cc1. The van der Waals surface area contributed by atoms with Crippen molar-refractivity contribution in [1.29, 1.82) is 0 Å². The molecule has 0 bridgehead atoms. The molecule has 0 unspecified atom stereocenters. The molecule has 1 aliphatic rings. The smallest absolute Gasteiger partial charge is 0.212 e. The number of rotatable bonds is 2. The van der Waals surface area contributed by atoms with E-state index in [1.165, 1.54) is 5.56 Å². The first-order valence-electron chi connectivity index (χ1n) is 5.25. The van der Waals surface area contributed by atoms with Crippen molar-refractivity contribution < 1.29 is 9.47 Å². The average molecular weight is 271 g/mol. The van der Waals surface area contributed by atoms with E-state index in [0.717, 1.165) is 25.2 Å². The molecule has 1 aromatic carbocycles. The third-order valence-corrected chi connectivity index (χ3v) is 3.36. The number of benzene rings is 1. The zero-order valence-electron chi connectivity index (χ0n) is 8.78. The van der Waals surface area contributed by atoms with Gasteiger partial charge in [0.05, 0.1) is 11.4 Å². The summed E-state index contributed by atoms with van der Waals surface area (Å²) in [6, 6.07) is 8.04. The summed E-state index contributed by atoms with van der Waals surface area (Å²) in [7, 11) is 0. The lowest BCUT2D eigenvalue weighted by molar-refractivity contribution is -0.0993. The minimum absolute atomic E-state index is 0.151. The van der Waals surface area contributed by atoms with Crippen LogP contribution < -0.4 is 4.74 Å². The second-order valence-corrected chi connectivity index (χ2v) is 5.00. The van der Waals surface area contributed by atoms with E-state index in [1.807, 2.05) is 24.3 Å². The predicted octanol–water partition coefficient (Wildman–Crippen LogP) is 3.27. The Morgan fingerprint density at radius 3 is 2.73 bits per heavy atom. The van der Waals surface area contributed by atoms with Crippen LogP contribution in [0.4, 0.5) is 0 Å². The monoisotopic (exact) mass is 270 g/mol. The average Bonchev–Trinajstić information content (AvgIpc) is 2.25. The zero-order valence-corrected chi connectivity index (χ0v) is 10.4. The van der Waals surface area contributed by atoms with Gasteiger partial charge in [-0.05, 0) is 31.9 Å². The Bertz CT molecular complexity index is 310. The fraction of sp³-hybridized carbons (Fsp3) is 0.500. The van der Waals surface area contributed by atoms with Crippen molar-refractivity contribution in [2.45, 2.75) is 30.9 Å². The molecule has 2 atom stereocenters. The molecule has 0 spiro atoms. The summed E-state index contributed by atoms with van der Waals surface area (Å²) in [6.07, 6.45) is 2.06. The number of hydrogen-bond donors (Lipinski definition) is 0. The second-order valence-electron chi connectivity index (χ2n) is 3.83. The molecule has 2 rings (SSSR count). The normalized spacial score (nSPS) is 26.3. The third kappa shape index (κ3) is 2.95. The van der Waals surface area contributed by atoms with Gasteiger partial charge in [0.1, 0.15) is 5.75 Å². The van der Waals surface area contributed by atoms with Crippen LogP contribution in [-0.4, -0.2) is 17.7 Å². The maximum Gasteiger partial charge on any atom is 0.212 e. The molecule has 0 amide bonds. The zero-order chi connectivity index (χ0) is 10.7. The fourth-order valence-electron chi connectivity index (χ4n) is 1.58. The van der Waals surface area contributed by atoms with Gasteiger partial charge in [0.2, 0.25) is 6.29 Å². The molecular weight excluding hydrogens is 256 g/mol. The summed E-state index contributed by atoms with van der Waals surface area (Å²) in [6.45, 7) is 2.85. The van der Waals surface area contributed by atoms with Crippen molar-refractivity contribution in [3.63, 3.8) is 0 Å². The summed E-state index contributed by atoms with van der Waals surface area (Å²) >= 11 is 3.58. The van der Waals surface area contributed by atoms with Crippen LogP contribution in [0, 0.1) is 6.92 Å². The lowest BCUT2D eigenvalue weighted by Crippen LogP contribution is -2.34. The van der Waals surface area contributed by atoms with Gasteiger partial charge >= 0.3 is 0 Å². The lowest BCUT2D eigenvalue weighted by Gasteiger charge is -2.28. The van der Waals surface area contributed by atoms with Crippen LogP contribution in [0.3, 0.4) is 0 Å². The number of hydrogen-bond acceptors (Lipinski definition) is 2. The Balaban J connectivity index is 1.98. The first-order valence-corrected chi connectivity index (χ1v) is 6.16. The Labute approximate surface area is 98.7 Å². The Morgan fingerprint density at radius 1 is 1.33 bits per heavy atom. The molecule has 1 heterocycles. The number of aryl methyl sites for hydroxylation is 1. The van der Waals surface area contributed by atoms with Crippen molar-refractivity contribution >= 4 is 15.9 Å². The molecule has 1 aromatic rings. The van der Waals surface area contributed by atoms with Crippen molar-refractivity contribution in [1.82, 2.24) is 0 Å². The third-order valence-electron chi connectivity index (χ3n) is 2.47. The molecule has 1 saturated heterocycles. The van der Waals surface area contributed by atoms with Crippen LogP contribution in [-0.2, 0) is 4.74 Å². The maximum atomic E-state index is 5.75. The largest absolute Gasteiger partial charge is 0.464 e. The van der Waals surface area contributed by atoms with Gasteiger partial charge in [-0.15, -0.1) is 0 Å². The molecule has 0 radical (unpaired) electrons. The minimum Gasteiger partial charge on any atom is -0.464 e. The summed E-state index contributed by atoms with van der Waals surface area (Å²) in [5.74, 6) is 0.872. The van der Waals surface area contributed by atoms with Crippen LogP contribution >= 0.6 is 15.9 Å². The highest BCUT2D eigenvalue weighted by atomic mass is 79.9. The van der Waals surface area contributed by atoms with Crippen molar-refractivity contribution in [3.05, 3.63) is 29.8 Å². The van der Waals surface area contributed by atoms with E-state index in [-0.39, 0.29) is 6.29 Å². The van der Waals surface area contributed by atoms with Gasteiger partial charge in [0.25, 0.3) is 0 Å². The Morgan fingerprint density at radius 2 is 2.07 bits per heavy atom. The number of alkyl halides is 1. The highest BCUT2D eigenvalue weighted by Gasteiger charge is 2.25. The van der Waals surface area contributed by atoms with Crippen LogP contribution in [0.5, 0.6) is 5.75 Å². The predicted molar refractivity (Wildman–Crippen MR) is 63.5 cm³/mol. The van der Waals surface area contributed by atoms with Crippen LogP contribution in [0.25, 0.3) is 0 Å². The topological polar surface area (TPSA) is 18.5 Å². The van der Waals surface area contributed by atoms with E-state index >= 15 is 0 Å². The molecule has 0 N–H and O–H groups in total. The van der Waals surface area contributed by atoms with E-state index < -0.39 is 0 Å². The van der Waals surface area contributed by atoms with Gasteiger partial charge in [0.15, 0.2) is 0 Å². The minimum atomic E-state index is -0.151. The molecule has 1 aliphatic heterocycles. The Kier molecular flexibility index (Phi) is 3.65. The molecule has 3 heteroatoms. The van der Waals surface area contributed by atoms with Crippen LogP contribution in [0.2, 0.25) is 0 Å². The first-order chi connectivity index (χ1) is 7.25. The van der Waals surface area contributed by atoms with E-state index in [1.54, 1.807) is 0 Å². The molecule has 0 aromatic heterocycles. The Hall–Kier alpha value is -0.540. The molecule has 0 aliphatic carbocycles. The molecule has 2 nitrogen and oxygen atoms in total. The van der Waals surface area contributed by atoms with E-state index in [0.29, 0.717) is 4.83 Å². The van der Waals surface area contributed by atoms with Gasteiger partial charge in [-0.3, -0.25) is 0 Å². The molecule has 1 fully saturated rings. The molecule has 82 valence electrons. The highest BCUT2D eigenvalue weighted by Crippen LogP contribution is 2.24. The molecule has 0 saturated carbocycles. The van der Waals surface area contributed by atoms with Gasteiger partial charge < -0.3 is 9.47 Å². The maximum absolute atomic E-state index is 5.75. The van der Waals surface area contributed by atoms with Gasteiger partial charge in [0, 0.05) is 0 Å². The first kappa shape index (κ1) is 11.0. The fourth-order valence-corrected chi connectivity index (χ4v) is 2.16. The van der Waals surface area contributed by atoms with Crippen LogP contribution in [0.1, 0.15) is 18.4 Å². The van der Waals surface area contributed by atoms with E-state index in [4.69, 9.17) is 9.47 Å². The molecular formula is C12H15BrO2. The second kappa shape index (κ2) is 4.99. The molecule has 15 heavy (non-hydrogen) atoms. The highest BCUT2D eigenvalue weighted by molar-refractivity contribution is 9.09. The van der Waals surface area contributed by atoms with Crippen molar-refractivity contribution in [2.24, 2.45) is 0 Å². The van der Waals surface area contributed by atoms with E-state index in [2.05, 4.69) is 22.9 Å². The van der Waals surface area contributed by atoms with Gasteiger partial charge in [-0.1, -0.05) is 33.6 Å². The number of ether oxygens (including phenoxy) is 2. The van der Waals surface area contributed by atoms with Crippen molar-refractivity contribution in [2.75, 3.05) is 6.61 Å². The summed E-state index contributed by atoms with van der Waals surface area (Å²) in [4.78, 5) is 0.299. The summed E-state index contributed by atoms with van der Waals surface area (Å²) < 4.78 is 11.3. The van der Waals surface area contributed by atoms with Gasteiger partial charge in [-0.2, -0.15) is 0 Å². The standard InChI is InChI=1S/C12H15BrO2/c1-9-4-6-10(7-5-9)15-12-11(13)3-2-8-14-12/h4-7,11-12H,2-3,8H2,1H3/t11-,12+/m0/s1. The quantitative estimate of drug-likeness (QED) is 0.768.